The monoisotopic (exact) mass is 544 g/mol. The molecular weight excluding hydrogens is 516 g/mol. The van der Waals surface area contributed by atoms with Gasteiger partial charge in [0.1, 0.15) is 0 Å². The Morgan fingerprint density at radius 1 is 0.333 bits per heavy atom. The van der Waals surface area contributed by atoms with Gasteiger partial charge in [-0.3, -0.25) is 0 Å². The number of hydrogen-bond acceptors (Lipinski definition) is 4. The molecule has 0 radical (unpaired) electrons. The molecule has 4 heteroatoms. The van der Waals surface area contributed by atoms with Gasteiger partial charge >= 0.3 is 0 Å². The van der Waals surface area contributed by atoms with Gasteiger partial charge in [-0.1, -0.05) is 72.8 Å². The normalized spacial score (nSPS) is 12.8. The SMILES string of the molecule is c1ccc2c(c1)Oc1ccccc1N2c1ccc(CCc2ccc(N3c4ccccc4Oc4ccccc43)cc2)cc1. The van der Waals surface area contributed by atoms with Gasteiger partial charge in [-0.2, -0.15) is 0 Å². The third kappa shape index (κ3) is 4.25. The molecule has 6 aromatic rings. The van der Waals surface area contributed by atoms with Gasteiger partial charge in [-0.25, -0.2) is 0 Å². The van der Waals surface area contributed by atoms with Gasteiger partial charge in [0.25, 0.3) is 0 Å². The fraction of sp³-hybridized carbons (Fsp3) is 0.0526. The van der Waals surface area contributed by atoms with Crippen LogP contribution in [0.4, 0.5) is 34.1 Å². The van der Waals surface area contributed by atoms with Crippen molar-refractivity contribution in [2.24, 2.45) is 0 Å². The second-order valence-electron chi connectivity index (χ2n) is 10.6. The fourth-order valence-electron chi connectivity index (χ4n) is 5.88. The summed E-state index contributed by atoms with van der Waals surface area (Å²) in [6, 6.07) is 50.6. The third-order valence-electron chi connectivity index (χ3n) is 7.96. The quantitative estimate of drug-likeness (QED) is 0.215. The predicted molar refractivity (Wildman–Crippen MR) is 170 cm³/mol. The molecule has 2 heterocycles. The summed E-state index contributed by atoms with van der Waals surface area (Å²) in [5.41, 5.74) is 9.07. The van der Waals surface area contributed by atoms with Gasteiger partial charge in [0.2, 0.25) is 0 Å². The first kappa shape index (κ1) is 24.3. The molecule has 2 aliphatic heterocycles. The predicted octanol–water partition coefficient (Wildman–Crippen LogP) is 10.6. The molecule has 6 aromatic carbocycles. The molecule has 202 valence electrons. The maximum Gasteiger partial charge on any atom is 0.151 e. The number of aryl methyl sites for hydroxylation is 2. The summed E-state index contributed by atoms with van der Waals surface area (Å²) in [6.45, 7) is 0. The highest BCUT2D eigenvalue weighted by Crippen LogP contribution is 2.51. The van der Waals surface area contributed by atoms with Crippen molar-refractivity contribution >= 4 is 34.1 Å². The zero-order valence-corrected chi connectivity index (χ0v) is 23.0. The first-order valence-electron chi connectivity index (χ1n) is 14.3. The first-order valence-corrected chi connectivity index (χ1v) is 14.3. The summed E-state index contributed by atoms with van der Waals surface area (Å²) >= 11 is 0. The first-order chi connectivity index (χ1) is 20.8. The van der Waals surface area contributed by atoms with Crippen LogP contribution in [0, 0.1) is 0 Å². The van der Waals surface area contributed by atoms with Gasteiger partial charge in [0.05, 0.1) is 22.7 Å². The number of fused-ring (bicyclic) bond motifs is 4. The summed E-state index contributed by atoms with van der Waals surface area (Å²) < 4.78 is 12.3. The van der Waals surface area contributed by atoms with E-state index in [9.17, 15) is 0 Å². The molecule has 0 amide bonds. The number of para-hydroxylation sites is 8. The molecule has 0 N–H and O–H groups in total. The van der Waals surface area contributed by atoms with E-state index < -0.39 is 0 Å². The zero-order chi connectivity index (χ0) is 27.9. The Morgan fingerprint density at radius 3 is 0.929 bits per heavy atom. The average Bonchev–Trinajstić information content (AvgIpc) is 3.06. The smallest absolute Gasteiger partial charge is 0.151 e. The minimum Gasteiger partial charge on any atom is -0.453 e. The van der Waals surface area contributed by atoms with Crippen LogP contribution in [-0.2, 0) is 12.8 Å². The van der Waals surface area contributed by atoms with Gasteiger partial charge in [-0.05, 0) is 96.8 Å². The van der Waals surface area contributed by atoms with Crippen molar-refractivity contribution in [2.45, 2.75) is 12.8 Å². The highest BCUT2D eigenvalue weighted by Gasteiger charge is 2.26. The molecule has 0 spiro atoms. The number of ether oxygens (including phenoxy) is 2. The van der Waals surface area contributed by atoms with E-state index in [4.69, 9.17) is 9.47 Å². The van der Waals surface area contributed by atoms with E-state index in [1.165, 1.54) is 11.1 Å². The van der Waals surface area contributed by atoms with Crippen LogP contribution >= 0.6 is 0 Å². The molecule has 2 aliphatic rings. The molecule has 0 unspecified atom stereocenters. The Balaban J connectivity index is 1.01. The van der Waals surface area contributed by atoms with Gasteiger partial charge in [-0.15, -0.1) is 0 Å². The Morgan fingerprint density at radius 2 is 0.619 bits per heavy atom. The van der Waals surface area contributed by atoms with Crippen LogP contribution in [0.1, 0.15) is 11.1 Å². The lowest BCUT2D eigenvalue weighted by molar-refractivity contribution is 0.476. The van der Waals surface area contributed by atoms with Crippen LogP contribution in [0.2, 0.25) is 0 Å². The Hall–Kier alpha value is -5.48. The molecule has 0 aliphatic carbocycles. The van der Waals surface area contributed by atoms with Crippen molar-refractivity contribution in [2.75, 3.05) is 9.80 Å². The van der Waals surface area contributed by atoms with Crippen LogP contribution in [0.3, 0.4) is 0 Å². The van der Waals surface area contributed by atoms with E-state index in [0.717, 1.165) is 70.0 Å². The van der Waals surface area contributed by atoms with E-state index in [0.29, 0.717) is 0 Å². The Bertz CT molecular complexity index is 1670. The van der Waals surface area contributed by atoms with Gasteiger partial charge in [0.15, 0.2) is 23.0 Å². The zero-order valence-electron chi connectivity index (χ0n) is 23.0. The molecule has 0 bridgehead atoms. The lowest BCUT2D eigenvalue weighted by Gasteiger charge is -2.32. The minimum atomic E-state index is 0.868. The maximum absolute atomic E-state index is 6.17. The average molecular weight is 545 g/mol. The van der Waals surface area contributed by atoms with Crippen LogP contribution < -0.4 is 19.3 Å². The highest BCUT2D eigenvalue weighted by molar-refractivity contribution is 5.87. The molecule has 0 fully saturated rings. The fourth-order valence-corrected chi connectivity index (χ4v) is 5.88. The van der Waals surface area contributed by atoms with Crippen molar-refractivity contribution in [1.29, 1.82) is 0 Å². The summed E-state index contributed by atoms with van der Waals surface area (Å²) in [5, 5.41) is 0. The molecule has 0 saturated carbocycles. The number of benzene rings is 6. The summed E-state index contributed by atoms with van der Waals surface area (Å²) in [6.07, 6.45) is 1.94. The number of hydrogen-bond donors (Lipinski definition) is 0. The van der Waals surface area contributed by atoms with Crippen molar-refractivity contribution in [3.05, 3.63) is 157 Å². The van der Waals surface area contributed by atoms with E-state index >= 15 is 0 Å². The second-order valence-corrected chi connectivity index (χ2v) is 10.6. The maximum atomic E-state index is 6.17. The number of nitrogens with zero attached hydrogens (tertiary/aromatic N) is 2. The van der Waals surface area contributed by atoms with E-state index in [1.54, 1.807) is 0 Å². The molecule has 8 rings (SSSR count). The summed E-state index contributed by atoms with van der Waals surface area (Å²) in [5.74, 6) is 3.47. The van der Waals surface area contributed by atoms with Gasteiger partial charge < -0.3 is 19.3 Å². The van der Waals surface area contributed by atoms with Gasteiger partial charge in [0, 0.05) is 11.4 Å². The molecule has 0 aromatic heterocycles. The van der Waals surface area contributed by atoms with E-state index in [-0.39, 0.29) is 0 Å². The van der Waals surface area contributed by atoms with Crippen molar-refractivity contribution in [3.8, 4) is 23.0 Å². The molecule has 4 nitrogen and oxygen atoms in total. The van der Waals surface area contributed by atoms with Crippen LogP contribution in [-0.4, -0.2) is 0 Å². The second kappa shape index (κ2) is 10.2. The van der Waals surface area contributed by atoms with Crippen molar-refractivity contribution in [3.63, 3.8) is 0 Å². The number of rotatable bonds is 5. The molecule has 0 saturated heterocycles. The molecule has 0 atom stereocenters. The largest absolute Gasteiger partial charge is 0.453 e. The minimum absolute atomic E-state index is 0.868. The molecule has 42 heavy (non-hydrogen) atoms. The standard InChI is InChI=1S/C38H28N2O2/c1-5-13-35-31(9-1)39(32-10-2-6-14-36(32)41-35)29-23-19-27(20-24-29)17-18-28-21-25-30(26-22-28)40-33-11-3-7-15-37(33)42-38-16-8-4-12-34(38)40/h1-16,19-26H,17-18H2. The summed E-state index contributed by atoms with van der Waals surface area (Å²) in [7, 11) is 0. The van der Waals surface area contributed by atoms with Crippen LogP contribution in [0.15, 0.2) is 146 Å². The Kier molecular flexibility index (Phi) is 5.89. The molecular formula is C38H28N2O2. The van der Waals surface area contributed by atoms with Crippen LogP contribution in [0.5, 0.6) is 23.0 Å². The topological polar surface area (TPSA) is 24.9 Å². The van der Waals surface area contributed by atoms with Crippen molar-refractivity contribution in [1.82, 2.24) is 0 Å². The lowest BCUT2D eigenvalue weighted by Crippen LogP contribution is -2.15. The number of anilines is 6. The van der Waals surface area contributed by atoms with E-state index in [1.807, 2.05) is 48.5 Å². The third-order valence-corrected chi connectivity index (χ3v) is 7.96. The highest BCUT2D eigenvalue weighted by atomic mass is 16.5. The summed E-state index contributed by atoms with van der Waals surface area (Å²) in [4.78, 5) is 4.55. The van der Waals surface area contributed by atoms with E-state index in [2.05, 4.69) is 107 Å². The lowest BCUT2D eigenvalue weighted by atomic mass is 10.0. The van der Waals surface area contributed by atoms with Crippen LogP contribution in [0.25, 0.3) is 0 Å². The van der Waals surface area contributed by atoms with Crippen molar-refractivity contribution < 1.29 is 9.47 Å². The Labute approximate surface area is 245 Å².